The van der Waals surface area contributed by atoms with Crippen molar-refractivity contribution in [2.24, 2.45) is 0 Å². The summed E-state index contributed by atoms with van der Waals surface area (Å²) in [6.07, 6.45) is 2.19. The van der Waals surface area contributed by atoms with Gasteiger partial charge in [-0.15, -0.1) is 6.08 Å². The van der Waals surface area contributed by atoms with Gasteiger partial charge in [0.05, 0.1) is 0 Å². The Labute approximate surface area is 43.9 Å². The van der Waals surface area contributed by atoms with Gasteiger partial charge < -0.3 is 5.11 Å². The summed E-state index contributed by atoms with van der Waals surface area (Å²) in [6, 6.07) is 0. The molecule has 0 atom stereocenters. The maximum Gasteiger partial charge on any atom is 1.00 e. The van der Waals surface area contributed by atoms with E-state index >= 15 is 0 Å². The first kappa shape index (κ1) is 8.93. The summed E-state index contributed by atoms with van der Waals surface area (Å²) in [6.45, 7) is 1.69. The van der Waals surface area contributed by atoms with E-state index in [2.05, 4.69) is 0 Å². The summed E-state index contributed by atoms with van der Waals surface area (Å²) >= 11 is 0. The van der Waals surface area contributed by atoms with E-state index in [1.54, 1.807) is 6.92 Å². The summed E-state index contributed by atoms with van der Waals surface area (Å²) in [5.41, 5.74) is 0. The Bertz CT molecular complexity index is 22.1. The maximum atomic E-state index is 9.12. The van der Waals surface area contributed by atoms with E-state index in [1.807, 2.05) is 0 Å². The Kier molecular flexibility index (Phi) is 15.9. The van der Waals surface area contributed by atoms with Crippen LogP contribution in [0.5, 0.6) is 0 Å². The Morgan fingerprint density at radius 1 is 1.60 bits per heavy atom. The largest absolute Gasteiger partial charge is 1.00 e. The van der Waals surface area contributed by atoms with Gasteiger partial charge in [-0.1, -0.05) is 0 Å². The van der Waals surface area contributed by atoms with Crippen molar-refractivity contribution >= 4 is 0 Å². The normalized spacial score (nSPS) is 7.40. The summed E-state index contributed by atoms with van der Waals surface area (Å²) < 4.78 is 0. The first-order chi connectivity index (χ1) is 1.91. The molecule has 2 heteroatoms. The fourth-order valence-electron chi connectivity index (χ4n) is 0. The predicted octanol–water partition coefficient (Wildman–Crippen LogP) is -3.12. The molecule has 0 aromatic heterocycles. The summed E-state index contributed by atoms with van der Waals surface area (Å²) in [5, 5.41) is 9.12. The summed E-state index contributed by atoms with van der Waals surface area (Å²) in [5.74, 6) is 0. The molecular formula is C3H5LiO. The number of hydrogen-bond donors (Lipinski definition) is 0. The van der Waals surface area contributed by atoms with Crippen molar-refractivity contribution in [1.29, 1.82) is 0 Å². The zero-order valence-electron chi connectivity index (χ0n) is 3.56. The van der Waals surface area contributed by atoms with E-state index in [4.69, 9.17) is 5.11 Å². The van der Waals surface area contributed by atoms with Gasteiger partial charge in [0, 0.05) is 0 Å². The Morgan fingerprint density at radius 2 is 1.80 bits per heavy atom. The van der Waals surface area contributed by atoms with E-state index in [9.17, 15) is 0 Å². The molecule has 0 bridgehead atoms. The molecule has 0 aliphatic carbocycles. The van der Waals surface area contributed by atoms with Gasteiger partial charge in [-0.3, -0.25) is 0 Å². The van der Waals surface area contributed by atoms with Gasteiger partial charge in [0.1, 0.15) is 0 Å². The van der Waals surface area contributed by atoms with Crippen LogP contribution in [0, 0.1) is 0 Å². The van der Waals surface area contributed by atoms with Crippen LogP contribution in [0.4, 0.5) is 0 Å². The third-order valence-electron chi connectivity index (χ3n) is 0.136. The molecule has 5 heavy (non-hydrogen) atoms. The Hall–Kier alpha value is 0.137. The standard InChI is InChI=1S/C3H6O.Li/c1-2-3-4;/h2-4H,1H3;/q;+1/p-1. The van der Waals surface area contributed by atoms with Gasteiger partial charge in [0.15, 0.2) is 0 Å². The molecular weight excluding hydrogens is 59.0 g/mol. The van der Waals surface area contributed by atoms with Gasteiger partial charge in [0.25, 0.3) is 0 Å². The molecule has 0 spiro atoms. The van der Waals surface area contributed by atoms with Crippen molar-refractivity contribution < 1.29 is 24.0 Å². The van der Waals surface area contributed by atoms with Gasteiger partial charge in [-0.2, -0.15) is 6.26 Å². The van der Waals surface area contributed by atoms with Crippen molar-refractivity contribution in [2.45, 2.75) is 6.92 Å². The fourth-order valence-corrected chi connectivity index (χ4v) is 0. The van der Waals surface area contributed by atoms with E-state index < -0.39 is 0 Å². The van der Waals surface area contributed by atoms with Crippen molar-refractivity contribution in [2.75, 3.05) is 0 Å². The second kappa shape index (κ2) is 8.91. The van der Waals surface area contributed by atoms with Crippen LogP contribution in [-0.2, 0) is 0 Å². The molecule has 0 aliphatic heterocycles. The number of hydrogen-bond acceptors (Lipinski definition) is 1. The Balaban J connectivity index is 0. The third kappa shape index (κ3) is 14.6. The number of rotatable bonds is 0. The molecule has 0 aromatic rings. The zero-order valence-corrected chi connectivity index (χ0v) is 3.56. The molecule has 0 saturated carbocycles. The molecule has 0 radical (unpaired) electrons. The maximum absolute atomic E-state index is 9.12. The average molecular weight is 64.0 g/mol. The second-order valence-corrected chi connectivity index (χ2v) is 0.469. The zero-order chi connectivity index (χ0) is 3.41. The molecule has 0 aliphatic rings. The molecule has 1 nitrogen and oxygen atoms in total. The van der Waals surface area contributed by atoms with Crippen LogP contribution in [0.3, 0.4) is 0 Å². The minimum Gasteiger partial charge on any atom is -0.878 e. The van der Waals surface area contributed by atoms with E-state index in [0.717, 1.165) is 6.26 Å². The molecule has 0 unspecified atom stereocenters. The SMILES string of the molecule is CC=C[O-].[Li+]. The van der Waals surface area contributed by atoms with E-state index in [1.165, 1.54) is 6.08 Å². The molecule has 0 N–H and O–H groups in total. The minimum atomic E-state index is 0. The van der Waals surface area contributed by atoms with Crippen LogP contribution in [0.2, 0.25) is 0 Å². The van der Waals surface area contributed by atoms with Gasteiger partial charge in [0.2, 0.25) is 0 Å². The molecule has 0 saturated heterocycles. The van der Waals surface area contributed by atoms with E-state index in [-0.39, 0.29) is 18.9 Å². The van der Waals surface area contributed by atoms with Crippen LogP contribution in [0.25, 0.3) is 0 Å². The van der Waals surface area contributed by atoms with Gasteiger partial charge >= 0.3 is 18.9 Å². The van der Waals surface area contributed by atoms with Crippen molar-refractivity contribution in [3.8, 4) is 0 Å². The van der Waals surface area contributed by atoms with Gasteiger partial charge in [-0.05, 0) is 6.92 Å². The monoisotopic (exact) mass is 64.1 g/mol. The van der Waals surface area contributed by atoms with Crippen molar-refractivity contribution in [3.63, 3.8) is 0 Å². The van der Waals surface area contributed by atoms with Gasteiger partial charge in [-0.25, -0.2) is 0 Å². The van der Waals surface area contributed by atoms with Crippen LogP contribution in [0.1, 0.15) is 6.92 Å². The van der Waals surface area contributed by atoms with E-state index in [0.29, 0.717) is 0 Å². The predicted molar refractivity (Wildman–Crippen MR) is 14.8 cm³/mol. The smallest absolute Gasteiger partial charge is 0.878 e. The minimum absolute atomic E-state index is 0. The first-order valence-corrected chi connectivity index (χ1v) is 1.15. The van der Waals surface area contributed by atoms with Crippen LogP contribution < -0.4 is 24.0 Å². The molecule has 0 heterocycles. The second-order valence-electron chi connectivity index (χ2n) is 0.469. The fraction of sp³-hybridized carbons (Fsp3) is 0.333. The Morgan fingerprint density at radius 3 is 1.80 bits per heavy atom. The molecule has 24 valence electrons. The summed E-state index contributed by atoms with van der Waals surface area (Å²) in [7, 11) is 0. The third-order valence-corrected chi connectivity index (χ3v) is 0.136. The molecule has 0 aromatic carbocycles. The van der Waals surface area contributed by atoms with Crippen molar-refractivity contribution in [3.05, 3.63) is 12.3 Å². The molecule has 0 amide bonds. The molecule has 0 fully saturated rings. The first-order valence-electron chi connectivity index (χ1n) is 1.15. The quantitative estimate of drug-likeness (QED) is 0.216. The van der Waals surface area contributed by atoms with Crippen LogP contribution in [-0.4, -0.2) is 0 Å². The average Bonchev–Trinajstić information content (AvgIpc) is 1.37. The molecule has 0 rings (SSSR count). The number of allylic oxidation sites excluding steroid dienone is 1. The topological polar surface area (TPSA) is 23.1 Å². The van der Waals surface area contributed by atoms with Crippen LogP contribution >= 0.6 is 0 Å². The van der Waals surface area contributed by atoms with Crippen molar-refractivity contribution in [1.82, 2.24) is 0 Å². The van der Waals surface area contributed by atoms with Crippen LogP contribution in [0.15, 0.2) is 12.3 Å². The summed E-state index contributed by atoms with van der Waals surface area (Å²) in [4.78, 5) is 0.